The first-order valence-electron chi connectivity index (χ1n) is 7.72. The summed E-state index contributed by atoms with van der Waals surface area (Å²) in [7, 11) is 0. The van der Waals surface area contributed by atoms with Crippen LogP contribution in [0.2, 0.25) is 0 Å². The maximum absolute atomic E-state index is 12.5. The molecule has 1 fully saturated rings. The Labute approximate surface area is 130 Å². The molecule has 1 saturated heterocycles. The Bertz CT molecular complexity index is 517. The van der Waals surface area contributed by atoms with Crippen LogP contribution in [0.25, 0.3) is 0 Å². The van der Waals surface area contributed by atoms with E-state index in [1.165, 1.54) is 0 Å². The van der Waals surface area contributed by atoms with E-state index in [0.29, 0.717) is 13.0 Å². The molecule has 1 aliphatic heterocycles. The van der Waals surface area contributed by atoms with Crippen molar-refractivity contribution in [1.29, 1.82) is 0 Å². The van der Waals surface area contributed by atoms with Crippen molar-refractivity contribution in [2.45, 2.75) is 44.8 Å². The molecule has 1 heterocycles. The number of benzene rings is 1. The summed E-state index contributed by atoms with van der Waals surface area (Å²) in [6.45, 7) is 4.44. The number of carbonyl (C=O) groups is 2. The first-order chi connectivity index (χ1) is 10.5. The second-order valence-corrected chi connectivity index (χ2v) is 5.79. The zero-order valence-corrected chi connectivity index (χ0v) is 13.1. The van der Waals surface area contributed by atoms with Gasteiger partial charge < -0.3 is 14.7 Å². The van der Waals surface area contributed by atoms with E-state index in [1.807, 2.05) is 30.3 Å². The van der Waals surface area contributed by atoms with Crippen molar-refractivity contribution in [2.24, 2.45) is 0 Å². The number of morpholine rings is 1. The number of nitrogens with zero attached hydrogens (tertiary/aromatic N) is 1. The third-order valence-corrected chi connectivity index (χ3v) is 4.07. The molecule has 0 aliphatic carbocycles. The van der Waals surface area contributed by atoms with Gasteiger partial charge in [0.25, 0.3) is 0 Å². The van der Waals surface area contributed by atoms with Gasteiger partial charge in [0.2, 0.25) is 5.91 Å². The lowest BCUT2D eigenvalue weighted by Gasteiger charge is -2.35. The molecule has 0 spiro atoms. The van der Waals surface area contributed by atoms with E-state index in [2.05, 4.69) is 6.92 Å². The lowest BCUT2D eigenvalue weighted by Crippen LogP contribution is -2.52. The number of hydrogen-bond donors (Lipinski definition) is 1. The number of hydrogen-bond acceptors (Lipinski definition) is 3. The van der Waals surface area contributed by atoms with Gasteiger partial charge in [-0.3, -0.25) is 4.79 Å². The van der Waals surface area contributed by atoms with Gasteiger partial charge in [-0.25, -0.2) is 4.79 Å². The van der Waals surface area contributed by atoms with Crippen molar-refractivity contribution in [2.75, 3.05) is 13.1 Å². The van der Waals surface area contributed by atoms with E-state index in [-0.39, 0.29) is 24.5 Å². The Morgan fingerprint density at radius 2 is 2.00 bits per heavy atom. The number of carbonyl (C=O) groups excluding carboxylic acids is 1. The van der Waals surface area contributed by atoms with Crippen molar-refractivity contribution in [3.05, 3.63) is 35.9 Å². The van der Waals surface area contributed by atoms with E-state index < -0.39 is 12.1 Å². The summed E-state index contributed by atoms with van der Waals surface area (Å²) >= 11 is 0. The molecule has 3 atom stereocenters. The van der Waals surface area contributed by atoms with Gasteiger partial charge >= 0.3 is 5.97 Å². The number of rotatable bonds is 5. The van der Waals surface area contributed by atoms with Gasteiger partial charge in [-0.2, -0.15) is 0 Å². The van der Waals surface area contributed by atoms with Crippen LogP contribution < -0.4 is 0 Å². The Hall–Kier alpha value is -1.88. The van der Waals surface area contributed by atoms with Gasteiger partial charge in [-0.1, -0.05) is 37.3 Å². The Morgan fingerprint density at radius 3 is 2.59 bits per heavy atom. The van der Waals surface area contributed by atoms with Gasteiger partial charge in [-0.05, 0) is 24.8 Å². The summed E-state index contributed by atoms with van der Waals surface area (Å²) in [5, 5.41) is 9.10. The minimum Gasteiger partial charge on any atom is -0.479 e. The highest BCUT2D eigenvalue weighted by Crippen LogP contribution is 2.25. The monoisotopic (exact) mass is 305 g/mol. The number of carboxylic acids is 1. The topological polar surface area (TPSA) is 66.8 Å². The molecule has 120 valence electrons. The van der Waals surface area contributed by atoms with Crippen molar-refractivity contribution in [3.63, 3.8) is 0 Å². The molecular formula is C17H23NO4. The quantitative estimate of drug-likeness (QED) is 0.906. The highest BCUT2D eigenvalue weighted by Gasteiger charge is 2.33. The van der Waals surface area contributed by atoms with Crippen LogP contribution in [0.15, 0.2) is 30.3 Å². The van der Waals surface area contributed by atoms with Crippen molar-refractivity contribution in [1.82, 2.24) is 4.90 Å². The first-order valence-corrected chi connectivity index (χ1v) is 7.72. The molecule has 1 N–H and O–H groups in total. The van der Waals surface area contributed by atoms with Crippen LogP contribution in [0, 0.1) is 0 Å². The Balaban J connectivity index is 2.02. The number of aliphatic carboxylic acids is 1. The molecule has 5 nitrogen and oxygen atoms in total. The molecule has 1 aromatic carbocycles. The Morgan fingerprint density at radius 1 is 1.32 bits per heavy atom. The smallest absolute Gasteiger partial charge is 0.334 e. The fraction of sp³-hybridized carbons (Fsp3) is 0.529. The highest BCUT2D eigenvalue weighted by molar-refractivity contribution is 5.79. The third kappa shape index (κ3) is 4.07. The van der Waals surface area contributed by atoms with E-state index >= 15 is 0 Å². The first kappa shape index (κ1) is 16.5. The predicted octanol–water partition coefficient (Wildman–Crippen LogP) is 2.27. The van der Waals surface area contributed by atoms with Crippen molar-refractivity contribution >= 4 is 11.9 Å². The van der Waals surface area contributed by atoms with Crippen LogP contribution in [0.5, 0.6) is 0 Å². The molecule has 22 heavy (non-hydrogen) atoms. The SMILES string of the molecule is CCC(CC(=O)N1CC(C(=O)O)O[C@H](C)C1)c1ccccc1. The summed E-state index contributed by atoms with van der Waals surface area (Å²) in [5.41, 5.74) is 1.15. The Kier molecular flexibility index (Phi) is 5.55. The van der Waals surface area contributed by atoms with E-state index in [0.717, 1.165) is 12.0 Å². The predicted molar refractivity (Wildman–Crippen MR) is 82.6 cm³/mol. The number of amides is 1. The van der Waals surface area contributed by atoms with Gasteiger partial charge in [0.05, 0.1) is 12.6 Å². The highest BCUT2D eigenvalue weighted by atomic mass is 16.5. The van der Waals surface area contributed by atoms with Crippen molar-refractivity contribution < 1.29 is 19.4 Å². The molecule has 1 aliphatic rings. The van der Waals surface area contributed by atoms with Crippen molar-refractivity contribution in [3.8, 4) is 0 Å². The average Bonchev–Trinajstić information content (AvgIpc) is 2.52. The molecule has 0 saturated carbocycles. The molecule has 1 aromatic rings. The van der Waals surface area contributed by atoms with E-state index in [9.17, 15) is 9.59 Å². The second-order valence-electron chi connectivity index (χ2n) is 5.79. The normalized spacial score (nSPS) is 23.1. The van der Waals surface area contributed by atoms with Crippen LogP contribution in [0.4, 0.5) is 0 Å². The van der Waals surface area contributed by atoms with Crippen LogP contribution in [0.1, 0.15) is 38.2 Å². The van der Waals surface area contributed by atoms with Gasteiger partial charge in [-0.15, -0.1) is 0 Å². The third-order valence-electron chi connectivity index (χ3n) is 4.07. The largest absolute Gasteiger partial charge is 0.479 e. The van der Waals surface area contributed by atoms with Crippen LogP contribution >= 0.6 is 0 Å². The summed E-state index contributed by atoms with van der Waals surface area (Å²) in [6.07, 6.45) is 0.0949. The summed E-state index contributed by atoms with van der Waals surface area (Å²) in [5.74, 6) is -0.855. The van der Waals surface area contributed by atoms with Gasteiger partial charge in [0.1, 0.15) is 0 Å². The maximum Gasteiger partial charge on any atom is 0.334 e. The van der Waals surface area contributed by atoms with E-state index in [4.69, 9.17) is 9.84 Å². The molecule has 5 heteroatoms. The standard InChI is InChI=1S/C17H23NO4/c1-3-13(14-7-5-4-6-8-14)9-16(19)18-10-12(2)22-15(11-18)17(20)21/h4-8,12-13,15H,3,9-11H2,1-2H3,(H,20,21)/t12-,13?,15?/m1/s1. The molecular weight excluding hydrogens is 282 g/mol. The van der Waals surface area contributed by atoms with Gasteiger partial charge in [0.15, 0.2) is 6.10 Å². The lowest BCUT2D eigenvalue weighted by molar-refractivity contribution is -0.166. The summed E-state index contributed by atoms with van der Waals surface area (Å²) in [4.78, 5) is 25.3. The minimum atomic E-state index is -1.01. The molecule has 2 rings (SSSR count). The van der Waals surface area contributed by atoms with E-state index in [1.54, 1.807) is 11.8 Å². The second kappa shape index (κ2) is 7.40. The summed E-state index contributed by atoms with van der Waals surface area (Å²) < 4.78 is 5.35. The summed E-state index contributed by atoms with van der Waals surface area (Å²) in [6, 6.07) is 9.96. The van der Waals surface area contributed by atoms with Crippen LogP contribution in [-0.4, -0.2) is 47.2 Å². The fourth-order valence-corrected chi connectivity index (χ4v) is 2.85. The fourth-order valence-electron chi connectivity index (χ4n) is 2.85. The molecule has 1 amide bonds. The van der Waals surface area contributed by atoms with Crippen LogP contribution in [0.3, 0.4) is 0 Å². The zero-order chi connectivity index (χ0) is 16.1. The molecule has 0 bridgehead atoms. The lowest BCUT2D eigenvalue weighted by atomic mass is 9.92. The average molecular weight is 305 g/mol. The van der Waals surface area contributed by atoms with Gasteiger partial charge in [0, 0.05) is 13.0 Å². The molecule has 2 unspecified atom stereocenters. The molecule has 0 aromatic heterocycles. The maximum atomic E-state index is 12.5. The molecule has 0 radical (unpaired) electrons. The zero-order valence-electron chi connectivity index (χ0n) is 13.1. The minimum absolute atomic E-state index is 0.00268. The number of carboxylic acid groups (broad SMARTS) is 1. The van der Waals surface area contributed by atoms with Crippen LogP contribution in [-0.2, 0) is 14.3 Å². The number of ether oxygens (including phenoxy) is 1.